The lowest BCUT2D eigenvalue weighted by Gasteiger charge is -2.57. The van der Waals surface area contributed by atoms with Crippen molar-refractivity contribution in [3.05, 3.63) is 71.4 Å². The number of hydrogen-bond acceptors (Lipinski definition) is 8. The predicted octanol–water partition coefficient (Wildman–Crippen LogP) is 3.59. The van der Waals surface area contributed by atoms with Crippen molar-refractivity contribution >= 4 is 28.9 Å². The molecule has 2 aromatic carbocycles. The Balaban J connectivity index is 1.44. The fraction of sp³-hybridized carbons (Fsp3) is 0.528. The zero-order valence-electron chi connectivity index (χ0n) is 27.8. The summed E-state index contributed by atoms with van der Waals surface area (Å²) in [5.41, 5.74) is 4.76. The van der Waals surface area contributed by atoms with E-state index >= 15 is 0 Å². The smallest absolute Gasteiger partial charge is 0.239 e. The van der Waals surface area contributed by atoms with Gasteiger partial charge >= 0.3 is 0 Å². The van der Waals surface area contributed by atoms with Gasteiger partial charge in [0.2, 0.25) is 5.91 Å². The first kappa shape index (κ1) is 35.7. The molecule has 1 saturated carbocycles. The molecule has 0 radical (unpaired) electrons. The molecule has 0 spiro atoms. The fourth-order valence-corrected chi connectivity index (χ4v) is 7.67. The third kappa shape index (κ3) is 6.95. The van der Waals surface area contributed by atoms with Gasteiger partial charge in [-0.1, -0.05) is 49.6 Å². The molecule has 1 amide bonds. The lowest BCUT2D eigenvalue weighted by molar-refractivity contribution is -0.148. The zero-order valence-corrected chi connectivity index (χ0v) is 27.8. The summed E-state index contributed by atoms with van der Waals surface area (Å²) in [6, 6.07) is 12.6. The summed E-state index contributed by atoms with van der Waals surface area (Å²) >= 11 is 0. The third-order valence-electron chi connectivity index (χ3n) is 10.4. The Labute approximate surface area is 280 Å². The van der Waals surface area contributed by atoms with E-state index in [1.165, 1.54) is 0 Å². The van der Waals surface area contributed by atoms with Gasteiger partial charge in [-0.05, 0) is 50.4 Å². The molecule has 2 heterocycles. The molecular weight excluding hydrogens is 620 g/mol. The van der Waals surface area contributed by atoms with E-state index in [-0.39, 0.29) is 37.1 Å². The van der Waals surface area contributed by atoms with E-state index in [0.717, 1.165) is 43.2 Å². The molecule has 3 aromatic rings. The molecule has 1 saturated heterocycles. The number of piperazine rings is 1. The van der Waals surface area contributed by atoms with Crippen molar-refractivity contribution in [1.29, 1.82) is 0 Å². The van der Waals surface area contributed by atoms with Crippen LogP contribution >= 0.6 is 0 Å². The number of nitrogens with two attached hydrogens (primary N) is 1. The van der Waals surface area contributed by atoms with Gasteiger partial charge in [0.1, 0.15) is 17.4 Å². The highest BCUT2D eigenvalue weighted by molar-refractivity contribution is 6.04. The summed E-state index contributed by atoms with van der Waals surface area (Å²) in [6.07, 6.45) is 5.05. The van der Waals surface area contributed by atoms with E-state index < -0.39 is 34.7 Å². The maximum atomic E-state index is 14.7. The quantitative estimate of drug-likeness (QED) is 0.120. The standard InChI is InChI=1S/C36H47F2N5O5/c1-35(40-2,34(39)46)36(24-44,27-11-7-4-8-12-27)43-14-13-41-22-32(43)33(45)31-20-26-19-28(37)29(38)21-30(26)42(31)15-16-47-17-18-48-23-25-9-5-3-6-10-25/h3,5-6,9-10,19-21,24,27,32,40-41H,4,7-8,11-18,22-23H2,1-2H3,(H2,39,46)/t32-,35?,36?/m1/s1. The Morgan fingerprint density at radius 3 is 2.44 bits per heavy atom. The first-order valence-corrected chi connectivity index (χ1v) is 16.8. The number of carbonyl (C=O) groups is 3. The molecule has 1 aliphatic heterocycles. The van der Waals surface area contributed by atoms with Gasteiger partial charge in [-0.15, -0.1) is 0 Å². The summed E-state index contributed by atoms with van der Waals surface area (Å²) in [4.78, 5) is 43.3. The number of amides is 1. The van der Waals surface area contributed by atoms with E-state index in [2.05, 4.69) is 10.6 Å². The molecule has 10 nitrogen and oxygen atoms in total. The summed E-state index contributed by atoms with van der Waals surface area (Å²) in [5, 5.41) is 6.72. The first-order chi connectivity index (χ1) is 23.2. The molecular formula is C36H47F2N5O5. The summed E-state index contributed by atoms with van der Waals surface area (Å²) in [7, 11) is 1.61. The second-order valence-corrected chi connectivity index (χ2v) is 13.0. The molecule has 3 atom stereocenters. The number of rotatable bonds is 16. The number of likely N-dealkylation sites (N-methyl/N-ethyl adjacent to an activating group) is 1. The van der Waals surface area contributed by atoms with E-state index in [0.29, 0.717) is 56.7 Å². The minimum Gasteiger partial charge on any atom is -0.377 e. The van der Waals surface area contributed by atoms with Gasteiger partial charge in [0, 0.05) is 37.6 Å². The third-order valence-corrected chi connectivity index (χ3v) is 10.4. The summed E-state index contributed by atoms with van der Waals surface area (Å²) in [5.74, 6) is -3.29. The van der Waals surface area contributed by atoms with Gasteiger partial charge in [0.25, 0.3) is 0 Å². The topological polar surface area (TPSA) is 128 Å². The Kier molecular flexibility index (Phi) is 11.7. The highest BCUT2D eigenvalue weighted by atomic mass is 19.2. The van der Waals surface area contributed by atoms with Crippen molar-refractivity contribution in [1.82, 2.24) is 20.1 Å². The number of ketones is 1. The average molecular weight is 668 g/mol. The van der Waals surface area contributed by atoms with E-state index in [1.807, 2.05) is 35.2 Å². The number of Topliss-reactive ketones (excluding diaryl/α,β-unsaturated/α-hetero) is 1. The maximum absolute atomic E-state index is 14.7. The number of ether oxygens (including phenoxy) is 2. The molecule has 2 aliphatic rings. The number of benzene rings is 2. The molecule has 4 N–H and O–H groups in total. The van der Waals surface area contributed by atoms with Crippen LogP contribution in [0.3, 0.4) is 0 Å². The average Bonchev–Trinajstić information content (AvgIpc) is 3.45. The van der Waals surface area contributed by atoms with Crippen LogP contribution < -0.4 is 16.4 Å². The van der Waals surface area contributed by atoms with Crippen molar-refractivity contribution in [2.45, 2.75) is 69.3 Å². The number of carbonyl (C=O) groups excluding carboxylic acids is 3. The van der Waals surface area contributed by atoms with Crippen LogP contribution in [0, 0.1) is 17.6 Å². The Morgan fingerprint density at radius 1 is 1.04 bits per heavy atom. The number of hydrogen-bond donors (Lipinski definition) is 3. The molecule has 0 bridgehead atoms. The second-order valence-electron chi connectivity index (χ2n) is 13.0. The van der Waals surface area contributed by atoms with Gasteiger partial charge in [-0.2, -0.15) is 0 Å². The SMILES string of the molecule is CNC(C)(C(N)=O)C(C=O)(C1CCCCC1)N1CCNC[C@@H]1C(=O)c1cc2cc(F)c(F)cc2n1CCOCCOCc1ccccc1. The molecule has 2 unspecified atom stereocenters. The van der Waals surface area contributed by atoms with Crippen LogP contribution in [0.2, 0.25) is 0 Å². The Hall–Kier alpha value is -3.55. The lowest BCUT2D eigenvalue weighted by atomic mass is 9.63. The number of nitrogens with zero attached hydrogens (tertiary/aromatic N) is 2. The molecule has 1 aromatic heterocycles. The van der Waals surface area contributed by atoms with Crippen LogP contribution in [-0.2, 0) is 32.2 Å². The van der Waals surface area contributed by atoms with Crippen LogP contribution in [0.1, 0.15) is 55.1 Å². The van der Waals surface area contributed by atoms with E-state index in [4.69, 9.17) is 15.2 Å². The van der Waals surface area contributed by atoms with Gasteiger partial charge < -0.3 is 35.2 Å². The van der Waals surface area contributed by atoms with Crippen LogP contribution in [0.15, 0.2) is 48.5 Å². The molecule has 12 heteroatoms. The minimum atomic E-state index is -1.48. The van der Waals surface area contributed by atoms with Gasteiger partial charge in [0.15, 0.2) is 17.4 Å². The van der Waals surface area contributed by atoms with Crippen LogP contribution in [-0.4, -0.2) is 91.1 Å². The number of aromatic nitrogens is 1. The monoisotopic (exact) mass is 667 g/mol. The largest absolute Gasteiger partial charge is 0.377 e. The maximum Gasteiger partial charge on any atom is 0.239 e. The van der Waals surface area contributed by atoms with Gasteiger partial charge in [-0.25, -0.2) is 8.78 Å². The Bertz CT molecular complexity index is 1580. The second kappa shape index (κ2) is 15.8. The van der Waals surface area contributed by atoms with E-state index in [9.17, 15) is 23.2 Å². The van der Waals surface area contributed by atoms with Gasteiger partial charge in [-0.3, -0.25) is 14.5 Å². The van der Waals surface area contributed by atoms with Crippen LogP contribution in [0.4, 0.5) is 8.78 Å². The molecule has 260 valence electrons. The van der Waals surface area contributed by atoms with E-state index in [1.54, 1.807) is 24.6 Å². The van der Waals surface area contributed by atoms with Crippen molar-refractivity contribution in [3.63, 3.8) is 0 Å². The van der Waals surface area contributed by atoms with Crippen molar-refractivity contribution < 1.29 is 32.6 Å². The van der Waals surface area contributed by atoms with Crippen molar-refractivity contribution in [3.8, 4) is 0 Å². The summed E-state index contributed by atoms with van der Waals surface area (Å²) in [6.45, 7) is 4.13. The lowest BCUT2D eigenvalue weighted by Crippen LogP contribution is -2.80. The van der Waals surface area contributed by atoms with Crippen LogP contribution in [0.25, 0.3) is 10.9 Å². The molecule has 48 heavy (non-hydrogen) atoms. The highest BCUT2D eigenvalue weighted by Crippen LogP contribution is 2.44. The minimum absolute atomic E-state index is 0.185. The fourth-order valence-electron chi connectivity index (χ4n) is 7.67. The zero-order chi connectivity index (χ0) is 34.3. The predicted molar refractivity (Wildman–Crippen MR) is 178 cm³/mol. The highest BCUT2D eigenvalue weighted by Gasteiger charge is 2.61. The number of halogens is 2. The number of aldehydes is 1. The number of fused-ring (bicyclic) bond motifs is 1. The van der Waals surface area contributed by atoms with Crippen molar-refractivity contribution in [2.24, 2.45) is 11.7 Å². The van der Waals surface area contributed by atoms with Crippen molar-refractivity contribution in [2.75, 3.05) is 46.5 Å². The number of nitrogens with one attached hydrogen (secondary N) is 2. The molecule has 5 rings (SSSR count). The first-order valence-electron chi connectivity index (χ1n) is 16.8. The normalized spacial score (nSPS) is 20.3. The Morgan fingerprint density at radius 2 is 1.75 bits per heavy atom. The van der Waals surface area contributed by atoms with Crippen LogP contribution in [0.5, 0.6) is 0 Å². The summed E-state index contributed by atoms with van der Waals surface area (Å²) < 4.78 is 42.1. The molecule has 2 fully saturated rings. The van der Waals surface area contributed by atoms with Gasteiger partial charge in [0.05, 0.1) is 43.7 Å². The molecule has 1 aliphatic carbocycles. The number of primary amides is 1.